The van der Waals surface area contributed by atoms with Gasteiger partial charge in [-0.2, -0.15) is 0 Å². The molecule has 0 radical (unpaired) electrons. The van der Waals surface area contributed by atoms with Crippen LogP contribution in [-0.2, 0) is 0 Å². The maximum atomic E-state index is 11.6. The van der Waals surface area contributed by atoms with Crippen molar-refractivity contribution in [1.82, 2.24) is 0 Å². The van der Waals surface area contributed by atoms with E-state index in [9.17, 15) is 14.7 Å². The second-order valence-corrected chi connectivity index (χ2v) is 5.31. The van der Waals surface area contributed by atoms with E-state index in [0.717, 1.165) is 0 Å². The van der Waals surface area contributed by atoms with Gasteiger partial charge in [-0.15, -0.1) is 0 Å². The zero-order chi connectivity index (χ0) is 15.0. The Balaban J connectivity index is 2.37. The normalized spacial score (nSPS) is 11.1. The van der Waals surface area contributed by atoms with Gasteiger partial charge in [0.1, 0.15) is 17.1 Å². The Morgan fingerprint density at radius 2 is 1.75 bits per heavy atom. The molecule has 0 amide bonds. The summed E-state index contributed by atoms with van der Waals surface area (Å²) in [6.45, 7) is 5.40. The van der Waals surface area contributed by atoms with Crippen LogP contribution in [-0.4, -0.2) is 11.1 Å². The topological polar surface area (TPSA) is 78.4 Å². The third-order valence-electron chi connectivity index (χ3n) is 2.97. The predicted octanol–water partition coefficient (Wildman–Crippen LogP) is 2.51. The number of halogens is 1. The summed E-state index contributed by atoms with van der Waals surface area (Å²) in [4.78, 5) is 23.1. The first-order chi connectivity index (χ1) is 9.32. The van der Waals surface area contributed by atoms with E-state index < -0.39 is 10.9 Å². The van der Waals surface area contributed by atoms with Gasteiger partial charge < -0.3 is 15.7 Å². The number of rotatable bonds is 4. The summed E-state index contributed by atoms with van der Waals surface area (Å²) in [6.07, 6.45) is 0. The van der Waals surface area contributed by atoms with Crippen LogP contribution in [0.25, 0.3) is 0 Å². The van der Waals surface area contributed by atoms with E-state index in [4.69, 9.17) is 11.6 Å². The van der Waals surface area contributed by atoms with Gasteiger partial charge in [0, 0.05) is 16.6 Å². The first kappa shape index (κ1) is 14.4. The van der Waals surface area contributed by atoms with Gasteiger partial charge in [0.25, 0.3) is 10.9 Å². The lowest BCUT2D eigenvalue weighted by atomic mass is 10.1. The Bertz CT molecular complexity index is 731. The zero-order valence-corrected chi connectivity index (χ0v) is 12.1. The van der Waals surface area contributed by atoms with Crippen molar-refractivity contribution in [3.63, 3.8) is 0 Å². The van der Waals surface area contributed by atoms with E-state index >= 15 is 0 Å². The van der Waals surface area contributed by atoms with E-state index in [1.54, 1.807) is 19.1 Å². The minimum absolute atomic E-state index is 0.0272. The summed E-state index contributed by atoms with van der Waals surface area (Å²) in [6, 6.07) is 3.19. The third-order valence-corrected chi connectivity index (χ3v) is 3.38. The van der Waals surface area contributed by atoms with Crippen molar-refractivity contribution in [1.29, 1.82) is 0 Å². The van der Waals surface area contributed by atoms with Crippen LogP contribution in [0, 0.1) is 6.92 Å². The van der Waals surface area contributed by atoms with Crippen LogP contribution in [0.15, 0.2) is 21.7 Å². The molecule has 0 bridgehead atoms. The maximum absolute atomic E-state index is 11.6. The number of phenolic OH excluding ortho intramolecular Hbond substituents is 1. The van der Waals surface area contributed by atoms with Crippen molar-refractivity contribution in [2.24, 2.45) is 0 Å². The SMILES string of the molecule is Cc1c(Cl)ccc(Nc2c(NC(C)C)c(=O)c2=O)c1O. The van der Waals surface area contributed by atoms with Gasteiger partial charge in [0.05, 0.1) is 5.69 Å². The zero-order valence-electron chi connectivity index (χ0n) is 11.4. The van der Waals surface area contributed by atoms with Gasteiger partial charge in [0.2, 0.25) is 0 Å². The van der Waals surface area contributed by atoms with E-state index in [-0.39, 0.29) is 23.2 Å². The fourth-order valence-corrected chi connectivity index (χ4v) is 2.00. The number of benzene rings is 1. The van der Waals surface area contributed by atoms with Crippen LogP contribution < -0.4 is 21.5 Å². The molecule has 0 spiro atoms. The molecule has 20 heavy (non-hydrogen) atoms. The first-order valence-corrected chi connectivity index (χ1v) is 6.55. The Labute approximate surface area is 120 Å². The van der Waals surface area contributed by atoms with Gasteiger partial charge in [-0.1, -0.05) is 11.6 Å². The number of phenols is 1. The summed E-state index contributed by atoms with van der Waals surface area (Å²) < 4.78 is 0. The molecule has 3 N–H and O–H groups in total. The Morgan fingerprint density at radius 3 is 2.35 bits per heavy atom. The lowest BCUT2D eigenvalue weighted by Gasteiger charge is -2.18. The molecular formula is C14H15ClN2O3. The van der Waals surface area contributed by atoms with E-state index in [2.05, 4.69) is 10.6 Å². The highest BCUT2D eigenvalue weighted by molar-refractivity contribution is 6.31. The van der Waals surface area contributed by atoms with E-state index in [0.29, 0.717) is 16.3 Å². The number of aromatic hydroxyl groups is 1. The van der Waals surface area contributed by atoms with Crippen molar-refractivity contribution in [3.8, 4) is 5.75 Å². The number of anilines is 3. The fourth-order valence-electron chi connectivity index (χ4n) is 1.85. The van der Waals surface area contributed by atoms with Gasteiger partial charge in [-0.3, -0.25) is 9.59 Å². The summed E-state index contributed by atoms with van der Waals surface area (Å²) in [5.74, 6) is -0.0407. The van der Waals surface area contributed by atoms with Crippen molar-refractivity contribution >= 4 is 28.7 Å². The molecule has 2 rings (SSSR count). The standard InChI is InChI=1S/C14H15ClN2O3/c1-6(2)16-10-11(14(20)13(10)19)17-9-5-4-8(15)7(3)12(9)18/h4-6,16-18H,1-3H3. The molecule has 0 aliphatic rings. The average molecular weight is 295 g/mol. The quantitative estimate of drug-likeness (QED) is 0.596. The van der Waals surface area contributed by atoms with Crippen molar-refractivity contribution < 1.29 is 5.11 Å². The van der Waals surface area contributed by atoms with Gasteiger partial charge in [-0.25, -0.2) is 0 Å². The Hall–Kier alpha value is -2.01. The largest absolute Gasteiger partial charge is 0.505 e. The minimum Gasteiger partial charge on any atom is -0.505 e. The van der Waals surface area contributed by atoms with Crippen LogP contribution in [0.2, 0.25) is 5.02 Å². The summed E-state index contributed by atoms with van der Waals surface area (Å²) in [5.41, 5.74) is 0.115. The number of hydrogen-bond acceptors (Lipinski definition) is 5. The molecule has 106 valence electrons. The molecule has 0 aliphatic heterocycles. The predicted molar refractivity (Wildman–Crippen MR) is 81.2 cm³/mol. The van der Waals surface area contributed by atoms with Gasteiger partial charge in [-0.05, 0) is 32.9 Å². The second kappa shape index (κ2) is 5.17. The Kier molecular flexibility index (Phi) is 3.72. The average Bonchev–Trinajstić information content (AvgIpc) is 2.41. The van der Waals surface area contributed by atoms with Crippen LogP contribution in [0.3, 0.4) is 0 Å². The molecule has 0 aliphatic carbocycles. The lowest BCUT2D eigenvalue weighted by molar-refractivity contribution is 0.473. The molecule has 0 unspecified atom stereocenters. The molecular weight excluding hydrogens is 280 g/mol. The van der Waals surface area contributed by atoms with Crippen LogP contribution >= 0.6 is 11.6 Å². The highest BCUT2D eigenvalue weighted by Crippen LogP contribution is 2.34. The molecule has 0 saturated carbocycles. The first-order valence-electron chi connectivity index (χ1n) is 6.17. The molecule has 0 fully saturated rings. The van der Waals surface area contributed by atoms with E-state index in [1.807, 2.05) is 13.8 Å². The van der Waals surface area contributed by atoms with Crippen LogP contribution in [0.5, 0.6) is 5.75 Å². The Morgan fingerprint density at radius 1 is 1.15 bits per heavy atom. The molecule has 0 saturated heterocycles. The molecule has 6 heteroatoms. The number of hydrogen-bond donors (Lipinski definition) is 3. The monoisotopic (exact) mass is 294 g/mol. The van der Waals surface area contributed by atoms with Crippen molar-refractivity contribution in [2.45, 2.75) is 26.8 Å². The molecule has 5 nitrogen and oxygen atoms in total. The van der Waals surface area contributed by atoms with Crippen molar-refractivity contribution in [3.05, 3.63) is 43.2 Å². The highest BCUT2D eigenvalue weighted by atomic mass is 35.5. The minimum atomic E-state index is -0.597. The number of nitrogens with one attached hydrogen (secondary N) is 2. The smallest absolute Gasteiger partial charge is 0.253 e. The summed E-state index contributed by atoms with van der Waals surface area (Å²) in [5, 5.41) is 16.1. The van der Waals surface area contributed by atoms with Crippen molar-refractivity contribution in [2.75, 3.05) is 10.6 Å². The third kappa shape index (κ3) is 2.36. The fraction of sp³-hybridized carbons (Fsp3) is 0.286. The van der Waals surface area contributed by atoms with Gasteiger partial charge in [0.15, 0.2) is 0 Å². The second-order valence-electron chi connectivity index (χ2n) is 4.90. The molecule has 0 atom stereocenters. The van der Waals surface area contributed by atoms with Crippen LogP contribution in [0.1, 0.15) is 19.4 Å². The summed E-state index contributed by atoms with van der Waals surface area (Å²) in [7, 11) is 0. The molecule has 0 heterocycles. The summed E-state index contributed by atoms with van der Waals surface area (Å²) >= 11 is 5.89. The molecule has 2 aromatic rings. The van der Waals surface area contributed by atoms with Crippen LogP contribution in [0.4, 0.5) is 17.1 Å². The van der Waals surface area contributed by atoms with E-state index in [1.165, 1.54) is 0 Å². The highest BCUT2D eigenvalue weighted by Gasteiger charge is 2.22. The maximum Gasteiger partial charge on any atom is 0.253 e. The molecule has 2 aromatic carbocycles. The van der Waals surface area contributed by atoms with Gasteiger partial charge >= 0.3 is 0 Å². The lowest BCUT2D eigenvalue weighted by Crippen LogP contribution is -2.38. The molecule has 0 aromatic heterocycles.